The summed E-state index contributed by atoms with van der Waals surface area (Å²) in [4.78, 5) is 1.95. The number of allylic oxidation sites excluding steroid dienone is 1. The smallest absolute Gasteiger partial charge is 0.0709 e. The third kappa shape index (κ3) is 5.60. The van der Waals surface area contributed by atoms with Crippen LogP contribution in [0.4, 0.5) is 0 Å². The van der Waals surface area contributed by atoms with E-state index < -0.39 is 0 Å². The molecular weight excluding hydrogens is 84.9 g/mol. The molecule has 0 aromatic carbocycles. The van der Waals surface area contributed by atoms with E-state index in [1.165, 1.54) is 0 Å². The molecule has 0 saturated heterocycles. The molecule has 0 aliphatic rings. The molecule has 0 amide bonds. The van der Waals surface area contributed by atoms with Crippen molar-refractivity contribution in [3.05, 3.63) is 12.3 Å². The molecule has 0 fully saturated rings. The van der Waals surface area contributed by atoms with Crippen molar-refractivity contribution in [2.24, 2.45) is 0 Å². The molecule has 2 heteroatoms. The summed E-state index contributed by atoms with van der Waals surface area (Å²) in [6.07, 6.45) is 4.46. The van der Waals surface area contributed by atoms with Crippen LogP contribution in [0.5, 0.6) is 0 Å². The molecule has 7 heavy (non-hydrogen) atoms. The summed E-state index contributed by atoms with van der Waals surface area (Å²) in [6.45, 7) is 0. The molecule has 0 bridgehead atoms. The van der Waals surface area contributed by atoms with Gasteiger partial charge in [-0.15, -0.1) is 0 Å². The van der Waals surface area contributed by atoms with E-state index >= 15 is 0 Å². The summed E-state index contributed by atoms with van der Waals surface area (Å²) in [5, 5.41) is 0. The van der Waals surface area contributed by atoms with Crippen molar-refractivity contribution in [3.63, 3.8) is 0 Å². The third-order valence-electron chi connectivity index (χ3n) is 0.540. The molecule has 0 saturated carbocycles. The minimum atomic E-state index is 0.623. The van der Waals surface area contributed by atoms with E-state index in [1.807, 2.05) is 31.3 Å². The summed E-state index contributed by atoms with van der Waals surface area (Å²) in [6, 6.07) is 0. The van der Waals surface area contributed by atoms with Crippen molar-refractivity contribution >= 4 is 7.85 Å². The molecule has 0 N–H and O–H groups in total. The molecule has 0 atom stereocenters. The van der Waals surface area contributed by atoms with Crippen LogP contribution in [0.1, 0.15) is 0 Å². The highest BCUT2D eigenvalue weighted by molar-refractivity contribution is 6.09. The van der Waals surface area contributed by atoms with Crippen LogP contribution in [-0.4, -0.2) is 26.8 Å². The molecule has 38 valence electrons. The summed E-state index contributed by atoms with van der Waals surface area (Å²) < 4.78 is 0. The fraction of sp³-hybridized carbons (Fsp3) is 0.600. The molecule has 0 aliphatic heterocycles. The standard InChI is InChI=1S/C5H10BN/c1-7(2)5-3-4-6/h3,5H,4H2,1-2H3/b5-3+. The van der Waals surface area contributed by atoms with Gasteiger partial charge >= 0.3 is 0 Å². The van der Waals surface area contributed by atoms with Crippen molar-refractivity contribution < 1.29 is 0 Å². The maximum Gasteiger partial charge on any atom is 0.0709 e. The first kappa shape index (κ1) is 6.60. The fourth-order valence-corrected chi connectivity index (χ4v) is 0.272. The highest BCUT2D eigenvalue weighted by Gasteiger charge is 1.69. The van der Waals surface area contributed by atoms with E-state index in [2.05, 4.69) is 0 Å². The Balaban J connectivity index is 3.08. The average Bonchev–Trinajstić information content (AvgIpc) is 1.61. The van der Waals surface area contributed by atoms with Crippen molar-refractivity contribution in [3.8, 4) is 0 Å². The zero-order valence-electron chi connectivity index (χ0n) is 4.89. The lowest BCUT2D eigenvalue weighted by Crippen LogP contribution is -1.99. The van der Waals surface area contributed by atoms with E-state index in [1.54, 1.807) is 0 Å². The Hall–Kier alpha value is -0.395. The second kappa shape index (κ2) is 3.78. The first-order valence-electron chi connectivity index (χ1n) is 2.30. The van der Waals surface area contributed by atoms with Gasteiger partial charge in [0.15, 0.2) is 0 Å². The van der Waals surface area contributed by atoms with Gasteiger partial charge in [0.1, 0.15) is 0 Å². The van der Waals surface area contributed by atoms with Gasteiger partial charge in [0.05, 0.1) is 7.85 Å². The van der Waals surface area contributed by atoms with Gasteiger partial charge in [0.2, 0.25) is 0 Å². The molecule has 0 heterocycles. The lowest BCUT2D eigenvalue weighted by atomic mass is 10.1. The molecule has 0 aromatic rings. The second-order valence-corrected chi connectivity index (χ2v) is 1.58. The zero-order valence-corrected chi connectivity index (χ0v) is 4.89. The Morgan fingerprint density at radius 3 is 2.29 bits per heavy atom. The Labute approximate surface area is 46.4 Å². The van der Waals surface area contributed by atoms with Crippen molar-refractivity contribution in [1.82, 2.24) is 4.90 Å². The van der Waals surface area contributed by atoms with Crippen LogP contribution < -0.4 is 0 Å². The van der Waals surface area contributed by atoms with Crippen molar-refractivity contribution in [2.75, 3.05) is 14.1 Å². The molecule has 0 aromatic heterocycles. The van der Waals surface area contributed by atoms with Gasteiger partial charge in [-0.05, 0) is 6.20 Å². The van der Waals surface area contributed by atoms with Crippen molar-refractivity contribution in [2.45, 2.75) is 6.32 Å². The van der Waals surface area contributed by atoms with Crippen LogP contribution in [0.25, 0.3) is 0 Å². The lowest BCUT2D eigenvalue weighted by Gasteiger charge is -2.00. The maximum atomic E-state index is 5.16. The van der Waals surface area contributed by atoms with Crippen LogP contribution >= 0.6 is 0 Å². The second-order valence-electron chi connectivity index (χ2n) is 1.58. The van der Waals surface area contributed by atoms with Crippen LogP contribution in [-0.2, 0) is 0 Å². The molecule has 2 radical (unpaired) electrons. The number of rotatable bonds is 2. The average molecular weight is 95.0 g/mol. The lowest BCUT2D eigenvalue weighted by molar-refractivity contribution is 0.563. The highest BCUT2D eigenvalue weighted by Crippen LogP contribution is 1.78. The predicted octanol–water partition coefficient (Wildman–Crippen LogP) is 0.648. The normalized spacial score (nSPS) is 10.0. The first-order valence-corrected chi connectivity index (χ1v) is 2.30. The van der Waals surface area contributed by atoms with E-state index in [0.717, 1.165) is 0 Å². The van der Waals surface area contributed by atoms with Crippen molar-refractivity contribution in [1.29, 1.82) is 0 Å². The van der Waals surface area contributed by atoms with Crippen LogP contribution in [0, 0.1) is 0 Å². The minimum Gasteiger partial charge on any atom is -0.384 e. The number of nitrogens with zero attached hydrogens (tertiary/aromatic N) is 1. The molecule has 1 nitrogen and oxygen atoms in total. The van der Waals surface area contributed by atoms with E-state index in [0.29, 0.717) is 6.32 Å². The third-order valence-corrected chi connectivity index (χ3v) is 0.540. The van der Waals surface area contributed by atoms with Crippen LogP contribution in [0.3, 0.4) is 0 Å². The largest absolute Gasteiger partial charge is 0.384 e. The maximum absolute atomic E-state index is 5.16. The number of hydrogen-bond acceptors (Lipinski definition) is 1. The Bertz CT molecular complexity index is 59.1. The van der Waals surface area contributed by atoms with Gasteiger partial charge in [0.25, 0.3) is 0 Å². The number of hydrogen-bond donors (Lipinski definition) is 0. The van der Waals surface area contributed by atoms with Gasteiger partial charge in [-0.25, -0.2) is 0 Å². The molecule has 0 rings (SSSR count). The van der Waals surface area contributed by atoms with E-state index in [9.17, 15) is 0 Å². The molecule has 0 aliphatic carbocycles. The topological polar surface area (TPSA) is 3.24 Å². The Morgan fingerprint density at radius 2 is 2.14 bits per heavy atom. The summed E-state index contributed by atoms with van der Waals surface area (Å²) in [5.74, 6) is 0. The van der Waals surface area contributed by atoms with Crippen LogP contribution in [0.15, 0.2) is 12.3 Å². The highest BCUT2D eigenvalue weighted by atomic mass is 15.0. The molecule has 0 unspecified atom stereocenters. The van der Waals surface area contributed by atoms with E-state index in [-0.39, 0.29) is 0 Å². The Morgan fingerprint density at radius 1 is 1.57 bits per heavy atom. The Kier molecular flexibility index (Phi) is 3.57. The first-order chi connectivity index (χ1) is 3.27. The molecular formula is C5H10BN. The zero-order chi connectivity index (χ0) is 5.70. The van der Waals surface area contributed by atoms with Gasteiger partial charge in [-0.1, -0.05) is 12.4 Å². The fourth-order valence-electron chi connectivity index (χ4n) is 0.272. The molecule has 0 spiro atoms. The monoisotopic (exact) mass is 95.1 g/mol. The van der Waals surface area contributed by atoms with Gasteiger partial charge in [0, 0.05) is 14.1 Å². The predicted molar refractivity (Wildman–Crippen MR) is 33.4 cm³/mol. The van der Waals surface area contributed by atoms with Gasteiger partial charge in [-0.2, -0.15) is 0 Å². The van der Waals surface area contributed by atoms with E-state index in [4.69, 9.17) is 7.85 Å². The minimum absolute atomic E-state index is 0.623. The summed E-state index contributed by atoms with van der Waals surface area (Å²) in [5.41, 5.74) is 0. The van der Waals surface area contributed by atoms with Gasteiger partial charge in [-0.3, -0.25) is 0 Å². The SMILES string of the molecule is [B]C/C=C/N(C)C. The summed E-state index contributed by atoms with van der Waals surface area (Å²) in [7, 11) is 9.09. The summed E-state index contributed by atoms with van der Waals surface area (Å²) >= 11 is 0. The van der Waals surface area contributed by atoms with Gasteiger partial charge < -0.3 is 4.90 Å². The van der Waals surface area contributed by atoms with Crippen LogP contribution in [0.2, 0.25) is 6.32 Å². The quantitative estimate of drug-likeness (QED) is 0.455.